The first kappa shape index (κ1) is 18.4. The molecule has 0 bridgehead atoms. The summed E-state index contributed by atoms with van der Waals surface area (Å²) in [7, 11) is 0. The summed E-state index contributed by atoms with van der Waals surface area (Å²) in [4.78, 5) is 0. The summed E-state index contributed by atoms with van der Waals surface area (Å²) in [5.74, 6) is 0. The lowest BCUT2D eigenvalue weighted by molar-refractivity contribution is -0.116. The van der Waals surface area contributed by atoms with Gasteiger partial charge in [0, 0.05) is 0 Å². The molecule has 0 aliphatic heterocycles. The fourth-order valence-electron chi connectivity index (χ4n) is 2.30. The molecule has 2 rings (SSSR count). The Morgan fingerprint density at radius 3 is 1.96 bits per heavy atom. The predicted molar refractivity (Wildman–Crippen MR) is 93.3 cm³/mol. The zero-order valence-corrected chi connectivity index (χ0v) is 13.6. The normalized spacial score (nSPS) is 14.8. The zero-order valence-electron chi connectivity index (χ0n) is 13.6. The lowest BCUT2D eigenvalue weighted by atomic mass is 10.1. The Balaban J connectivity index is 1.85. The van der Waals surface area contributed by atoms with E-state index in [-0.39, 0.29) is 6.61 Å². The Morgan fingerprint density at radius 2 is 1.42 bits per heavy atom. The Labute approximate surface area is 143 Å². The standard InChI is InChI=1S/C20H24O4/c1-2-18(21)20(24-14-17-11-7-4-8-12-17)19(22)15-23-13-16-9-5-3-6-10-16/h2-12,18-22H,1,13-15H2/t18?,19-,20+/m1/s1. The van der Waals surface area contributed by atoms with Gasteiger partial charge < -0.3 is 19.7 Å². The zero-order chi connectivity index (χ0) is 17.2. The van der Waals surface area contributed by atoms with Crippen LogP contribution in [0.2, 0.25) is 0 Å². The quantitative estimate of drug-likeness (QED) is 0.659. The Hall–Kier alpha value is -1.98. The highest BCUT2D eigenvalue weighted by Gasteiger charge is 2.26. The van der Waals surface area contributed by atoms with Gasteiger partial charge in [-0.25, -0.2) is 0 Å². The Bertz CT molecular complexity index is 585. The van der Waals surface area contributed by atoms with Crippen LogP contribution in [-0.4, -0.2) is 35.1 Å². The van der Waals surface area contributed by atoms with E-state index in [1.807, 2.05) is 60.7 Å². The van der Waals surface area contributed by atoms with Crippen LogP contribution in [0.3, 0.4) is 0 Å². The molecule has 0 amide bonds. The van der Waals surface area contributed by atoms with Gasteiger partial charge in [-0.2, -0.15) is 0 Å². The van der Waals surface area contributed by atoms with Gasteiger partial charge in [-0.3, -0.25) is 0 Å². The Morgan fingerprint density at radius 1 is 0.875 bits per heavy atom. The average Bonchev–Trinajstić information content (AvgIpc) is 2.63. The van der Waals surface area contributed by atoms with Gasteiger partial charge in [-0.15, -0.1) is 6.58 Å². The summed E-state index contributed by atoms with van der Waals surface area (Å²) >= 11 is 0. The molecule has 1 unspecified atom stereocenters. The van der Waals surface area contributed by atoms with E-state index < -0.39 is 18.3 Å². The largest absolute Gasteiger partial charge is 0.388 e. The van der Waals surface area contributed by atoms with Crippen molar-refractivity contribution in [1.29, 1.82) is 0 Å². The highest BCUT2D eigenvalue weighted by Crippen LogP contribution is 2.12. The van der Waals surface area contributed by atoms with Crippen LogP contribution in [0.4, 0.5) is 0 Å². The van der Waals surface area contributed by atoms with Crippen molar-refractivity contribution in [2.24, 2.45) is 0 Å². The SMILES string of the molecule is C=CC(O)[C@H](OCc1ccccc1)[C@H](O)COCc1ccccc1. The van der Waals surface area contributed by atoms with Crippen LogP contribution in [0.15, 0.2) is 73.3 Å². The van der Waals surface area contributed by atoms with Gasteiger partial charge in [-0.05, 0) is 11.1 Å². The molecule has 0 fully saturated rings. The maximum atomic E-state index is 10.3. The molecule has 0 saturated carbocycles. The number of benzene rings is 2. The maximum absolute atomic E-state index is 10.3. The van der Waals surface area contributed by atoms with Crippen molar-refractivity contribution >= 4 is 0 Å². The first-order valence-corrected chi connectivity index (χ1v) is 7.96. The minimum absolute atomic E-state index is 0.0687. The highest BCUT2D eigenvalue weighted by molar-refractivity contribution is 5.14. The van der Waals surface area contributed by atoms with Crippen molar-refractivity contribution in [2.45, 2.75) is 31.5 Å². The fourth-order valence-corrected chi connectivity index (χ4v) is 2.30. The first-order chi connectivity index (χ1) is 11.7. The third-order valence-electron chi connectivity index (χ3n) is 3.64. The van der Waals surface area contributed by atoms with E-state index in [0.29, 0.717) is 13.2 Å². The maximum Gasteiger partial charge on any atom is 0.115 e. The molecule has 24 heavy (non-hydrogen) atoms. The van der Waals surface area contributed by atoms with Gasteiger partial charge in [0.1, 0.15) is 18.3 Å². The van der Waals surface area contributed by atoms with E-state index in [9.17, 15) is 10.2 Å². The second kappa shape index (κ2) is 10.0. The molecule has 4 nitrogen and oxygen atoms in total. The van der Waals surface area contributed by atoms with Crippen molar-refractivity contribution in [3.05, 3.63) is 84.4 Å². The van der Waals surface area contributed by atoms with Gasteiger partial charge in [-0.1, -0.05) is 66.7 Å². The second-order valence-electron chi connectivity index (χ2n) is 5.56. The van der Waals surface area contributed by atoms with Crippen LogP contribution in [0.1, 0.15) is 11.1 Å². The van der Waals surface area contributed by atoms with Crippen LogP contribution in [-0.2, 0) is 22.7 Å². The fraction of sp³-hybridized carbons (Fsp3) is 0.300. The minimum atomic E-state index is -0.968. The van der Waals surface area contributed by atoms with Crippen molar-refractivity contribution in [3.8, 4) is 0 Å². The van der Waals surface area contributed by atoms with Crippen LogP contribution >= 0.6 is 0 Å². The minimum Gasteiger partial charge on any atom is -0.388 e. The molecule has 0 heterocycles. The smallest absolute Gasteiger partial charge is 0.115 e. The summed E-state index contributed by atoms with van der Waals surface area (Å²) in [6.07, 6.45) is -1.36. The van der Waals surface area contributed by atoms with Crippen LogP contribution in [0.5, 0.6) is 0 Å². The number of rotatable bonds is 10. The molecule has 0 radical (unpaired) electrons. The lowest BCUT2D eigenvalue weighted by Gasteiger charge is -2.26. The van der Waals surface area contributed by atoms with Gasteiger partial charge in [0.05, 0.1) is 19.8 Å². The first-order valence-electron chi connectivity index (χ1n) is 7.96. The molecule has 128 valence electrons. The van der Waals surface area contributed by atoms with E-state index in [0.717, 1.165) is 11.1 Å². The second-order valence-corrected chi connectivity index (χ2v) is 5.56. The molecule has 0 spiro atoms. The van der Waals surface area contributed by atoms with E-state index in [1.54, 1.807) is 0 Å². The number of aliphatic hydroxyl groups excluding tert-OH is 2. The molecule has 0 aliphatic carbocycles. The van der Waals surface area contributed by atoms with Crippen molar-refractivity contribution in [3.63, 3.8) is 0 Å². The summed E-state index contributed by atoms with van der Waals surface area (Å²) < 4.78 is 11.2. The molecule has 0 aliphatic rings. The monoisotopic (exact) mass is 328 g/mol. The van der Waals surface area contributed by atoms with E-state index >= 15 is 0 Å². The molecule has 2 aromatic rings. The summed E-state index contributed by atoms with van der Waals surface area (Å²) in [5.41, 5.74) is 1.99. The number of hydrogen-bond donors (Lipinski definition) is 2. The van der Waals surface area contributed by atoms with Crippen molar-refractivity contribution in [2.75, 3.05) is 6.61 Å². The van der Waals surface area contributed by atoms with E-state index in [1.165, 1.54) is 6.08 Å². The number of hydrogen-bond acceptors (Lipinski definition) is 4. The van der Waals surface area contributed by atoms with Crippen LogP contribution < -0.4 is 0 Å². The van der Waals surface area contributed by atoms with Crippen molar-refractivity contribution < 1.29 is 19.7 Å². The van der Waals surface area contributed by atoms with Crippen molar-refractivity contribution in [1.82, 2.24) is 0 Å². The average molecular weight is 328 g/mol. The molecular weight excluding hydrogens is 304 g/mol. The highest BCUT2D eigenvalue weighted by atomic mass is 16.5. The molecule has 4 heteroatoms. The predicted octanol–water partition coefficient (Wildman–Crippen LogP) is 2.70. The third-order valence-corrected chi connectivity index (χ3v) is 3.64. The molecule has 0 aromatic heterocycles. The Kier molecular flexibility index (Phi) is 7.65. The summed E-state index contributed by atoms with van der Waals surface area (Å²) in [6, 6.07) is 19.3. The molecule has 2 N–H and O–H groups in total. The van der Waals surface area contributed by atoms with Gasteiger partial charge in [0.2, 0.25) is 0 Å². The molecule has 3 atom stereocenters. The molecular formula is C20H24O4. The van der Waals surface area contributed by atoms with Gasteiger partial charge >= 0.3 is 0 Å². The van der Waals surface area contributed by atoms with Gasteiger partial charge in [0.15, 0.2) is 0 Å². The van der Waals surface area contributed by atoms with E-state index in [4.69, 9.17) is 9.47 Å². The van der Waals surface area contributed by atoms with Gasteiger partial charge in [0.25, 0.3) is 0 Å². The van der Waals surface area contributed by atoms with Crippen LogP contribution in [0.25, 0.3) is 0 Å². The van der Waals surface area contributed by atoms with E-state index in [2.05, 4.69) is 6.58 Å². The third kappa shape index (κ3) is 5.91. The van der Waals surface area contributed by atoms with Crippen LogP contribution in [0, 0.1) is 0 Å². The molecule has 0 saturated heterocycles. The summed E-state index contributed by atoms with van der Waals surface area (Å²) in [6.45, 7) is 4.33. The number of aliphatic hydroxyl groups is 2. The number of ether oxygens (including phenoxy) is 2. The topological polar surface area (TPSA) is 58.9 Å². The molecule has 2 aromatic carbocycles. The lowest BCUT2D eigenvalue weighted by Crippen LogP contribution is -2.41. The summed E-state index contributed by atoms with van der Waals surface area (Å²) in [5, 5.41) is 20.3.